The molecule has 2 aromatic carbocycles. The summed E-state index contributed by atoms with van der Waals surface area (Å²) in [6.45, 7) is 3.42. The highest BCUT2D eigenvalue weighted by Crippen LogP contribution is 2.28. The van der Waals surface area contributed by atoms with Gasteiger partial charge in [-0.15, -0.1) is 0 Å². The van der Waals surface area contributed by atoms with Gasteiger partial charge in [0.1, 0.15) is 11.5 Å². The van der Waals surface area contributed by atoms with Crippen LogP contribution in [0.4, 0.5) is 5.69 Å². The molecule has 0 aliphatic carbocycles. The Bertz CT molecular complexity index is 669. The lowest BCUT2D eigenvalue weighted by molar-refractivity contribution is -0.116. The third-order valence-electron chi connectivity index (χ3n) is 3.66. The summed E-state index contributed by atoms with van der Waals surface area (Å²) in [6.07, 6.45) is 0.390. The third kappa shape index (κ3) is 5.28. The summed E-state index contributed by atoms with van der Waals surface area (Å²) in [5, 5.41) is 6.13. The fraction of sp³-hybridized carbons (Fsp3) is 0.316. The smallest absolute Gasteiger partial charge is 0.225 e. The average molecular weight is 328 g/mol. The maximum atomic E-state index is 12.1. The number of ether oxygens (including phenoxy) is 2. The first-order valence-corrected chi connectivity index (χ1v) is 7.90. The zero-order chi connectivity index (χ0) is 17.4. The molecule has 0 saturated heterocycles. The monoisotopic (exact) mass is 328 g/mol. The number of hydrogen-bond donors (Lipinski definition) is 2. The van der Waals surface area contributed by atoms with Gasteiger partial charge in [0.25, 0.3) is 0 Å². The number of hydrogen-bond acceptors (Lipinski definition) is 4. The number of carbonyl (C=O) groups excluding carboxylic acids is 1. The maximum Gasteiger partial charge on any atom is 0.225 e. The van der Waals surface area contributed by atoms with Crippen LogP contribution in [0.3, 0.4) is 0 Å². The van der Waals surface area contributed by atoms with Gasteiger partial charge in [0.15, 0.2) is 0 Å². The molecule has 5 heteroatoms. The molecule has 0 aromatic heterocycles. The topological polar surface area (TPSA) is 59.6 Å². The minimum atomic E-state index is -0.0603. The van der Waals surface area contributed by atoms with Crippen LogP contribution in [0.5, 0.6) is 11.5 Å². The highest BCUT2D eigenvalue weighted by atomic mass is 16.5. The molecule has 0 saturated carbocycles. The van der Waals surface area contributed by atoms with Gasteiger partial charge in [0.05, 0.1) is 19.9 Å². The molecular weight excluding hydrogens is 304 g/mol. The molecular formula is C19H24N2O3. The molecule has 0 spiro atoms. The van der Waals surface area contributed by atoms with Gasteiger partial charge < -0.3 is 20.1 Å². The summed E-state index contributed by atoms with van der Waals surface area (Å²) in [4.78, 5) is 12.1. The molecule has 0 bridgehead atoms. The Morgan fingerprint density at radius 2 is 1.79 bits per heavy atom. The van der Waals surface area contributed by atoms with Gasteiger partial charge >= 0.3 is 0 Å². The molecule has 0 aliphatic rings. The van der Waals surface area contributed by atoms with E-state index in [2.05, 4.69) is 41.8 Å². The SMILES string of the molecule is COc1ccc(NC(=O)CCNCc2ccc(C)cc2)c(OC)c1. The average Bonchev–Trinajstić information content (AvgIpc) is 2.60. The number of rotatable bonds is 8. The van der Waals surface area contributed by atoms with Gasteiger partial charge in [-0.1, -0.05) is 29.8 Å². The van der Waals surface area contributed by atoms with E-state index in [4.69, 9.17) is 9.47 Å². The number of benzene rings is 2. The minimum Gasteiger partial charge on any atom is -0.497 e. The Hall–Kier alpha value is -2.53. The van der Waals surface area contributed by atoms with Crippen LogP contribution in [0, 0.1) is 6.92 Å². The Balaban J connectivity index is 1.78. The highest BCUT2D eigenvalue weighted by Gasteiger charge is 2.08. The van der Waals surface area contributed by atoms with E-state index >= 15 is 0 Å². The number of carbonyl (C=O) groups is 1. The molecule has 1 amide bonds. The van der Waals surface area contributed by atoms with E-state index < -0.39 is 0 Å². The van der Waals surface area contributed by atoms with Gasteiger partial charge in [-0.3, -0.25) is 4.79 Å². The van der Waals surface area contributed by atoms with Gasteiger partial charge in [-0.25, -0.2) is 0 Å². The van der Waals surface area contributed by atoms with E-state index in [1.54, 1.807) is 32.4 Å². The van der Waals surface area contributed by atoms with Crippen LogP contribution in [0.1, 0.15) is 17.5 Å². The molecule has 0 heterocycles. The van der Waals surface area contributed by atoms with Crippen molar-refractivity contribution < 1.29 is 14.3 Å². The maximum absolute atomic E-state index is 12.1. The Morgan fingerprint density at radius 3 is 2.46 bits per heavy atom. The second-order valence-corrected chi connectivity index (χ2v) is 5.53. The second kappa shape index (κ2) is 8.93. The number of methoxy groups -OCH3 is 2. The number of anilines is 1. The summed E-state index contributed by atoms with van der Waals surface area (Å²) in [5.74, 6) is 1.20. The van der Waals surface area contributed by atoms with E-state index in [1.165, 1.54) is 11.1 Å². The first-order chi connectivity index (χ1) is 11.6. The lowest BCUT2D eigenvalue weighted by Gasteiger charge is -2.12. The van der Waals surface area contributed by atoms with Crippen LogP contribution in [-0.4, -0.2) is 26.7 Å². The molecule has 0 radical (unpaired) electrons. The number of nitrogens with one attached hydrogen (secondary N) is 2. The summed E-state index contributed by atoms with van der Waals surface area (Å²) >= 11 is 0. The lowest BCUT2D eigenvalue weighted by atomic mass is 10.1. The third-order valence-corrected chi connectivity index (χ3v) is 3.66. The second-order valence-electron chi connectivity index (χ2n) is 5.53. The fourth-order valence-electron chi connectivity index (χ4n) is 2.26. The minimum absolute atomic E-state index is 0.0603. The van der Waals surface area contributed by atoms with Gasteiger partial charge in [-0.05, 0) is 24.6 Å². The van der Waals surface area contributed by atoms with Crippen molar-refractivity contribution in [3.63, 3.8) is 0 Å². The normalized spacial score (nSPS) is 10.3. The van der Waals surface area contributed by atoms with Crippen LogP contribution in [0.2, 0.25) is 0 Å². The van der Waals surface area contributed by atoms with Crippen molar-refractivity contribution in [3.05, 3.63) is 53.6 Å². The quantitative estimate of drug-likeness (QED) is 0.731. The van der Waals surface area contributed by atoms with Crippen molar-refractivity contribution >= 4 is 11.6 Å². The molecule has 24 heavy (non-hydrogen) atoms. The predicted octanol–water partition coefficient (Wildman–Crippen LogP) is 3.13. The largest absolute Gasteiger partial charge is 0.497 e. The van der Waals surface area contributed by atoms with E-state index in [0.717, 1.165) is 6.54 Å². The summed E-state index contributed by atoms with van der Waals surface area (Å²) < 4.78 is 10.4. The van der Waals surface area contributed by atoms with Crippen LogP contribution >= 0.6 is 0 Å². The standard InChI is InChI=1S/C19H24N2O3/c1-14-4-6-15(7-5-14)13-20-11-10-19(22)21-17-9-8-16(23-2)12-18(17)24-3/h4-9,12,20H,10-11,13H2,1-3H3,(H,21,22). The van der Waals surface area contributed by atoms with Gasteiger partial charge in [-0.2, -0.15) is 0 Å². The Morgan fingerprint density at radius 1 is 1.04 bits per heavy atom. The molecule has 0 aliphatic heterocycles. The lowest BCUT2D eigenvalue weighted by Crippen LogP contribution is -2.21. The fourth-order valence-corrected chi connectivity index (χ4v) is 2.26. The summed E-state index contributed by atoms with van der Waals surface area (Å²) in [6, 6.07) is 13.6. The van der Waals surface area contributed by atoms with Crippen molar-refractivity contribution in [3.8, 4) is 11.5 Å². The number of amides is 1. The van der Waals surface area contributed by atoms with Crippen molar-refractivity contribution in [2.45, 2.75) is 19.9 Å². The van der Waals surface area contributed by atoms with E-state index in [0.29, 0.717) is 30.2 Å². The molecule has 2 rings (SSSR count). The van der Waals surface area contributed by atoms with E-state index in [9.17, 15) is 4.79 Å². The Kier molecular flexibility index (Phi) is 6.63. The molecule has 2 N–H and O–H groups in total. The van der Waals surface area contributed by atoms with Gasteiger partial charge in [0.2, 0.25) is 5.91 Å². The summed E-state index contributed by atoms with van der Waals surface area (Å²) in [5.41, 5.74) is 3.09. The molecule has 0 fully saturated rings. The van der Waals surface area contributed by atoms with Crippen LogP contribution in [0.15, 0.2) is 42.5 Å². The van der Waals surface area contributed by atoms with Crippen molar-refractivity contribution in [2.24, 2.45) is 0 Å². The Labute approximate surface area is 143 Å². The number of aryl methyl sites for hydroxylation is 1. The highest BCUT2D eigenvalue weighted by molar-refractivity contribution is 5.92. The van der Waals surface area contributed by atoms with Crippen molar-refractivity contribution in [2.75, 3.05) is 26.1 Å². The van der Waals surface area contributed by atoms with E-state index in [1.807, 2.05) is 0 Å². The van der Waals surface area contributed by atoms with Crippen LogP contribution in [0.25, 0.3) is 0 Å². The molecule has 128 valence electrons. The summed E-state index contributed by atoms with van der Waals surface area (Å²) in [7, 11) is 3.15. The first kappa shape index (κ1) is 17.8. The van der Waals surface area contributed by atoms with Crippen LogP contribution in [-0.2, 0) is 11.3 Å². The van der Waals surface area contributed by atoms with Crippen molar-refractivity contribution in [1.29, 1.82) is 0 Å². The van der Waals surface area contributed by atoms with E-state index in [-0.39, 0.29) is 5.91 Å². The predicted molar refractivity (Wildman–Crippen MR) is 95.7 cm³/mol. The molecule has 0 unspecified atom stereocenters. The van der Waals surface area contributed by atoms with Crippen LogP contribution < -0.4 is 20.1 Å². The molecule has 0 atom stereocenters. The van der Waals surface area contributed by atoms with Crippen molar-refractivity contribution in [1.82, 2.24) is 5.32 Å². The van der Waals surface area contributed by atoms with Gasteiger partial charge in [0, 0.05) is 25.6 Å². The first-order valence-electron chi connectivity index (χ1n) is 7.90. The zero-order valence-corrected chi connectivity index (χ0v) is 14.4. The zero-order valence-electron chi connectivity index (χ0n) is 14.4. The molecule has 2 aromatic rings. The molecule has 5 nitrogen and oxygen atoms in total.